The van der Waals surface area contributed by atoms with E-state index >= 15 is 0 Å². The van der Waals surface area contributed by atoms with Crippen molar-refractivity contribution < 1.29 is 0 Å². The molecule has 1 saturated carbocycles. The molecule has 1 atom stereocenters. The van der Waals surface area contributed by atoms with Gasteiger partial charge in [0.2, 0.25) is 0 Å². The van der Waals surface area contributed by atoms with Gasteiger partial charge in [0.1, 0.15) is 0 Å². The highest BCUT2D eigenvalue weighted by Crippen LogP contribution is 2.24. The maximum absolute atomic E-state index is 5.89. The first-order valence-electron chi connectivity index (χ1n) is 7.45. The van der Waals surface area contributed by atoms with Crippen LogP contribution in [0.15, 0.2) is 0 Å². The lowest BCUT2D eigenvalue weighted by molar-refractivity contribution is 0.279. The highest BCUT2D eigenvalue weighted by atomic mass is 14.9. The third kappa shape index (κ3) is 7.05. The van der Waals surface area contributed by atoms with Crippen LogP contribution in [0.2, 0.25) is 0 Å². The van der Waals surface area contributed by atoms with Crippen LogP contribution in [0.3, 0.4) is 0 Å². The zero-order chi connectivity index (χ0) is 12.7. The van der Waals surface area contributed by atoms with Crippen molar-refractivity contribution in [2.75, 3.05) is 13.1 Å². The largest absolute Gasteiger partial charge is 0.330 e. The molecule has 0 heterocycles. The molecule has 2 nitrogen and oxygen atoms in total. The van der Waals surface area contributed by atoms with Gasteiger partial charge >= 0.3 is 0 Å². The Bertz CT molecular complexity index is 188. The van der Waals surface area contributed by atoms with Gasteiger partial charge in [0.15, 0.2) is 0 Å². The number of hydrogen-bond donors (Lipinski definition) is 2. The van der Waals surface area contributed by atoms with Gasteiger partial charge in [-0.15, -0.1) is 0 Å². The van der Waals surface area contributed by atoms with Gasteiger partial charge in [0.05, 0.1) is 0 Å². The molecule has 2 heteroatoms. The van der Waals surface area contributed by atoms with E-state index in [-0.39, 0.29) is 0 Å². The van der Waals surface area contributed by atoms with E-state index in [1.807, 2.05) is 0 Å². The maximum Gasteiger partial charge on any atom is 0.00671 e. The molecule has 0 saturated heterocycles. The van der Waals surface area contributed by atoms with E-state index < -0.39 is 0 Å². The summed E-state index contributed by atoms with van der Waals surface area (Å²) in [4.78, 5) is 0. The molecule has 1 aliphatic rings. The highest BCUT2D eigenvalue weighted by Gasteiger charge is 2.19. The lowest BCUT2D eigenvalue weighted by Gasteiger charge is -2.27. The SMILES string of the molecule is CC(C)(C)CC(CN)CNC1CCCCCC1. The highest BCUT2D eigenvalue weighted by molar-refractivity contribution is 4.76. The summed E-state index contributed by atoms with van der Waals surface area (Å²) in [6.45, 7) is 8.85. The predicted octanol–water partition coefficient (Wildman–Crippen LogP) is 3.31. The van der Waals surface area contributed by atoms with Crippen LogP contribution >= 0.6 is 0 Å². The fraction of sp³-hybridized carbons (Fsp3) is 1.00. The van der Waals surface area contributed by atoms with Gasteiger partial charge in [-0.2, -0.15) is 0 Å². The molecule has 3 N–H and O–H groups in total. The third-order valence-electron chi connectivity index (χ3n) is 3.78. The molecular formula is C15H32N2. The van der Waals surface area contributed by atoms with Crippen LogP contribution in [-0.2, 0) is 0 Å². The van der Waals surface area contributed by atoms with Gasteiger partial charge in [-0.3, -0.25) is 0 Å². The van der Waals surface area contributed by atoms with Gasteiger partial charge in [0, 0.05) is 6.04 Å². The lowest BCUT2D eigenvalue weighted by Crippen LogP contribution is -2.37. The van der Waals surface area contributed by atoms with E-state index in [0.29, 0.717) is 11.3 Å². The normalized spacial score (nSPS) is 21.2. The molecule has 0 amide bonds. The van der Waals surface area contributed by atoms with Gasteiger partial charge < -0.3 is 11.1 Å². The van der Waals surface area contributed by atoms with Crippen molar-refractivity contribution in [1.82, 2.24) is 5.32 Å². The molecule has 0 spiro atoms. The summed E-state index contributed by atoms with van der Waals surface area (Å²) in [6.07, 6.45) is 9.64. The first kappa shape index (κ1) is 15.0. The minimum atomic E-state index is 0.398. The van der Waals surface area contributed by atoms with Gasteiger partial charge in [0.25, 0.3) is 0 Å². The number of hydrogen-bond acceptors (Lipinski definition) is 2. The molecule has 1 aliphatic carbocycles. The quantitative estimate of drug-likeness (QED) is 0.724. The molecule has 0 aromatic carbocycles. The molecule has 0 aromatic rings. The van der Waals surface area contributed by atoms with Crippen molar-refractivity contribution in [2.45, 2.75) is 71.8 Å². The fourth-order valence-electron chi connectivity index (χ4n) is 2.92. The molecule has 1 unspecified atom stereocenters. The second-order valence-corrected chi connectivity index (χ2v) is 6.96. The maximum atomic E-state index is 5.89. The van der Waals surface area contributed by atoms with E-state index in [1.54, 1.807) is 0 Å². The minimum absolute atomic E-state index is 0.398. The molecule has 1 rings (SSSR count). The van der Waals surface area contributed by atoms with Crippen molar-refractivity contribution in [3.05, 3.63) is 0 Å². The van der Waals surface area contributed by atoms with Gasteiger partial charge in [-0.1, -0.05) is 46.5 Å². The molecule has 0 bridgehead atoms. The second-order valence-electron chi connectivity index (χ2n) is 6.96. The van der Waals surface area contributed by atoms with Crippen molar-refractivity contribution in [3.8, 4) is 0 Å². The first-order valence-corrected chi connectivity index (χ1v) is 7.45. The molecular weight excluding hydrogens is 208 g/mol. The Morgan fingerprint density at radius 2 is 1.71 bits per heavy atom. The van der Waals surface area contributed by atoms with Crippen molar-refractivity contribution in [1.29, 1.82) is 0 Å². The summed E-state index contributed by atoms with van der Waals surface area (Å²) in [5.41, 5.74) is 6.28. The summed E-state index contributed by atoms with van der Waals surface area (Å²) < 4.78 is 0. The fourth-order valence-corrected chi connectivity index (χ4v) is 2.92. The van der Waals surface area contributed by atoms with Crippen molar-refractivity contribution in [2.24, 2.45) is 17.1 Å². The van der Waals surface area contributed by atoms with Crippen LogP contribution in [-0.4, -0.2) is 19.1 Å². The Kier molecular flexibility index (Phi) is 6.50. The molecule has 0 radical (unpaired) electrons. The first-order chi connectivity index (χ1) is 8.01. The van der Waals surface area contributed by atoms with Crippen LogP contribution in [0.25, 0.3) is 0 Å². The molecule has 0 aromatic heterocycles. The average Bonchev–Trinajstić information content (AvgIpc) is 2.51. The van der Waals surface area contributed by atoms with E-state index in [4.69, 9.17) is 5.73 Å². The second kappa shape index (κ2) is 7.38. The zero-order valence-corrected chi connectivity index (χ0v) is 12.1. The molecule has 17 heavy (non-hydrogen) atoms. The Balaban J connectivity index is 2.26. The van der Waals surface area contributed by atoms with Gasteiger partial charge in [-0.05, 0) is 43.7 Å². The standard InChI is InChI=1S/C15H32N2/c1-15(2,3)10-13(11-16)12-17-14-8-6-4-5-7-9-14/h13-14,17H,4-12,16H2,1-3H3. The van der Waals surface area contributed by atoms with Crippen molar-refractivity contribution >= 4 is 0 Å². The van der Waals surface area contributed by atoms with Crippen LogP contribution in [0.4, 0.5) is 0 Å². The van der Waals surface area contributed by atoms with Crippen LogP contribution in [0, 0.1) is 11.3 Å². The lowest BCUT2D eigenvalue weighted by atomic mass is 9.84. The Hall–Kier alpha value is -0.0800. The van der Waals surface area contributed by atoms with E-state index in [9.17, 15) is 0 Å². The molecule has 1 fully saturated rings. The number of nitrogens with one attached hydrogen (secondary N) is 1. The summed E-state index contributed by atoms with van der Waals surface area (Å²) in [5, 5.41) is 3.76. The zero-order valence-electron chi connectivity index (χ0n) is 12.1. The van der Waals surface area contributed by atoms with E-state index in [1.165, 1.54) is 44.9 Å². The predicted molar refractivity (Wildman–Crippen MR) is 76.1 cm³/mol. The van der Waals surface area contributed by atoms with Crippen LogP contribution in [0.1, 0.15) is 65.7 Å². The summed E-state index contributed by atoms with van der Waals surface area (Å²) >= 11 is 0. The van der Waals surface area contributed by atoms with E-state index in [0.717, 1.165) is 19.1 Å². The van der Waals surface area contributed by atoms with Crippen molar-refractivity contribution in [3.63, 3.8) is 0 Å². The minimum Gasteiger partial charge on any atom is -0.330 e. The average molecular weight is 240 g/mol. The Labute approximate surface area is 108 Å². The number of nitrogens with two attached hydrogens (primary N) is 1. The van der Waals surface area contributed by atoms with Crippen LogP contribution < -0.4 is 11.1 Å². The summed E-state index contributed by atoms with van der Waals surface area (Å²) in [5.74, 6) is 0.637. The van der Waals surface area contributed by atoms with Gasteiger partial charge in [-0.25, -0.2) is 0 Å². The summed E-state index contributed by atoms with van der Waals surface area (Å²) in [7, 11) is 0. The smallest absolute Gasteiger partial charge is 0.00671 e. The number of rotatable bonds is 5. The molecule has 102 valence electrons. The monoisotopic (exact) mass is 240 g/mol. The van der Waals surface area contributed by atoms with E-state index in [2.05, 4.69) is 26.1 Å². The molecule has 0 aliphatic heterocycles. The topological polar surface area (TPSA) is 38.0 Å². The Morgan fingerprint density at radius 3 is 2.18 bits per heavy atom. The van der Waals surface area contributed by atoms with Crippen LogP contribution in [0.5, 0.6) is 0 Å². The summed E-state index contributed by atoms with van der Waals surface area (Å²) in [6, 6.07) is 0.756. The Morgan fingerprint density at radius 1 is 1.12 bits per heavy atom. The third-order valence-corrected chi connectivity index (χ3v) is 3.78.